The van der Waals surface area contributed by atoms with E-state index in [1.807, 2.05) is 6.07 Å². The number of halogens is 1. The molecular formula is C13H14ClN3O2. The molecule has 1 saturated heterocycles. The molecule has 1 heterocycles. The van der Waals surface area contributed by atoms with Gasteiger partial charge in [0.2, 0.25) is 5.91 Å². The van der Waals surface area contributed by atoms with E-state index in [0.29, 0.717) is 18.0 Å². The van der Waals surface area contributed by atoms with Gasteiger partial charge in [0, 0.05) is 11.6 Å². The van der Waals surface area contributed by atoms with Crippen molar-refractivity contribution in [3.63, 3.8) is 0 Å². The molecule has 2 amide bonds. The van der Waals surface area contributed by atoms with Crippen LogP contribution < -0.4 is 10.7 Å². The monoisotopic (exact) mass is 279 g/mol. The van der Waals surface area contributed by atoms with Crippen molar-refractivity contribution < 1.29 is 9.59 Å². The number of benzene rings is 1. The van der Waals surface area contributed by atoms with Crippen molar-refractivity contribution in [2.75, 3.05) is 6.54 Å². The summed E-state index contributed by atoms with van der Waals surface area (Å²) in [7, 11) is 0. The summed E-state index contributed by atoms with van der Waals surface area (Å²) in [5, 5.41) is 7.09. The van der Waals surface area contributed by atoms with E-state index in [2.05, 4.69) is 15.8 Å². The molecule has 5 nitrogen and oxygen atoms in total. The number of carbonyl (C=O) groups is 2. The van der Waals surface area contributed by atoms with Crippen LogP contribution in [0.5, 0.6) is 0 Å². The van der Waals surface area contributed by atoms with Gasteiger partial charge in [-0.05, 0) is 30.5 Å². The minimum atomic E-state index is -0.648. The van der Waals surface area contributed by atoms with E-state index in [-0.39, 0.29) is 11.8 Å². The van der Waals surface area contributed by atoms with Gasteiger partial charge in [-0.1, -0.05) is 23.7 Å². The van der Waals surface area contributed by atoms with Crippen molar-refractivity contribution in [1.82, 2.24) is 10.7 Å². The Morgan fingerprint density at radius 2 is 2.37 bits per heavy atom. The fourth-order valence-electron chi connectivity index (χ4n) is 1.86. The Labute approximate surface area is 116 Å². The molecule has 0 spiro atoms. The fraction of sp³-hybridized carbons (Fsp3) is 0.308. The van der Waals surface area contributed by atoms with Crippen LogP contribution in [0, 0.1) is 5.92 Å². The molecule has 1 aliphatic heterocycles. The summed E-state index contributed by atoms with van der Waals surface area (Å²) in [5.41, 5.74) is 3.16. The summed E-state index contributed by atoms with van der Waals surface area (Å²) in [4.78, 5) is 23.2. The topological polar surface area (TPSA) is 70.6 Å². The minimum absolute atomic E-state index is 0.235. The lowest BCUT2D eigenvalue weighted by atomic mass is 9.98. The largest absolute Gasteiger partial charge is 0.355 e. The lowest BCUT2D eigenvalue weighted by molar-refractivity contribution is -0.136. The van der Waals surface area contributed by atoms with Gasteiger partial charge in [0.05, 0.1) is 6.21 Å². The SMILES string of the molecule is O=C1NCCC[C@H]1C(=O)N/N=C\c1cccc(Cl)c1. The number of nitrogens with zero attached hydrogens (tertiary/aromatic N) is 1. The first-order valence-corrected chi connectivity index (χ1v) is 6.41. The number of hydrazone groups is 1. The summed E-state index contributed by atoms with van der Waals surface area (Å²) in [5.74, 6) is -1.26. The highest BCUT2D eigenvalue weighted by molar-refractivity contribution is 6.30. The molecule has 1 atom stereocenters. The van der Waals surface area contributed by atoms with Crippen LogP contribution in [0.4, 0.5) is 0 Å². The molecule has 2 N–H and O–H groups in total. The third-order valence-corrected chi connectivity index (χ3v) is 3.07. The van der Waals surface area contributed by atoms with Crippen molar-refractivity contribution >= 4 is 29.6 Å². The second-order valence-electron chi connectivity index (χ2n) is 4.28. The molecule has 19 heavy (non-hydrogen) atoms. The quantitative estimate of drug-likeness (QED) is 0.498. The maximum atomic E-state index is 11.8. The van der Waals surface area contributed by atoms with E-state index in [9.17, 15) is 9.59 Å². The molecule has 0 bridgehead atoms. The van der Waals surface area contributed by atoms with Gasteiger partial charge in [0.1, 0.15) is 5.92 Å². The maximum absolute atomic E-state index is 11.8. The molecule has 1 aliphatic rings. The first kappa shape index (κ1) is 13.5. The smallest absolute Gasteiger partial charge is 0.252 e. The number of hydrogen-bond donors (Lipinski definition) is 2. The molecule has 1 aromatic carbocycles. The van der Waals surface area contributed by atoms with Crippen LogP contribution in [0.3, 0.4) is 0 Å². The van der Waals surface area contributed by atoms with Crippen LogP contribution in [0.1, 0.15) is 18.4 Å². The fourth-order valence-corrected chi connectivity index (χ4v) is 2.06. The van der Waals surface area contributed by atoms with E-state index in [4.69, 9.17) is 11.6 Å². The Hall–Kier alpha value is -1.88. The Morgan fingerprint density at radius 1 is 1.53 bits per heavy atom. The number of carbonyl (C=O) groups excluding carboxylic acids is 2. The standard InChI is InChI=1S/C13H14ClN3O2/c14-10-4-1-3-9(7-10)8-16-17-13(19)11-5-2-6-15-12(11)18/h1,3-4,7-8,11H,2,5-6H2,(H,15,18)(H,17,19)/b16-8-/t11-/m1/s1. The first-order chi connectivity index (χ1) is 9.16. The summed E-state index contributed by atoms with van der Waals surface area (Å²) in [6.07, 6.45) is 2.86. The van der Waals surface area contributed by atoms with Crippen LogP contribution in [-0.4, -0.2) is 24.6 Å². The average Bonchev–Trinajstić information content (AvgIpc) is 2.39. The molecule has 0 radical (unpaired) electrons. The van der Waals surface area contributed by atoms with Gasteiger partial charge in [-0.2, -0.15) is 5.10 Å². The zero-order valence-electron chi connectivity index (χ0n) is 10.2. The molecule has 100 valence electrons. The van der Waals surface area contributed by atoms with E-state index in [1.165, 1.54) is 6.21 Å². The summed E-state index contributed by atoms with van der Waals surface area (Å²) >= 11 is 5.83. The molecule has 6 heteroatoms. The Kier molecular flexibility index (Phi) is 4.52. The lowest BCUT2D eigenvalue weighted by Crippen LogP contribution is -2.43. The highest BCUT2D eigenvalue weighted by atomic mass is 35.5. The summed E-state index contributed by atoms with van der Waals surface area (Å²) in [6, 6.07) is 7.09. The Balaban J connectivity index is 1.91. The van der Waals surface area contributed by atoms with Crippen molar-refractivity contribution in [2.45, 2.75) is 12.8 Å². The zero-order valence-corrected chi connectivity index (χ0v) is 11.0. The second-order valence-corrected chi connectivity index (χ2v) is 4.71. The molecule has 1 aromatic rings. The van der Waals surface area contributed by atoms with Crippen molar-refractivity contribution in [3.05, 3.63) is 34.9 Å². The number of piperidine rings is 1. The minimum Gasteiger partial charge on any atom is -0.355 e. The van der Waals surface area contributed by atoms with Crippen molar-refractivity contribution in [2.24, 2.45) is 11.0 Å². The first-order valence-electron chi connectivity index (χ1n) is 6.03. The van der Waals surface area contributed by atoms with Gasteiger partial charge in [0.15, 0.2) is 0 Å². The normalized spacial score (nSPS) is 19.2. The molecule has 0 aromatic heterocycles. The number of hydrogen-bond acceptors (Lipinski definition) is 3. The van der Waals surface area contributed by atoms with Gasteiger partial charge in [-0.15, -0.1) is 0 Å². The van der Waals surface area contributed by atoms with Gasteiger partial charge in [-0.3, -0.25) is 9.59 Å². The number of rotatable bonds is 3. The molecule has 0 unspecified atom stereocenters. The highest BCUT2D eigenvalue weighted by Crippen LogP contribution is 2.11. The number of nitrogens with one attached hydrogen (secondary N) is 2. The van der Waals surface area contributed by atoms with Crippen molar-refractivity contribution in [3.8, 4) is 0 Å². The average molecular weight is 280 g/mol. The zero-order chi connectivity index (χ0) is 13.7. The molecule has 1 fully saturated rings. The highest BCUT2D eigenvalue weighted by Gasteiger charge is 2.28. The molecule has 0 aliphatic carbocycles. The van der Waals surface area contributed by atoms with Crippen LogP contribution in [0.25, 0.3) is 0 Å². The van der Waals surface area contributed by atoms with E-state index in [1.54, 1.807) is 18.2 Å². The van der Waals surface area contributed by atoms with Crippen LogP contribution in [0.2, 0.25) is 5.02 Å². The lowest BCUT2D eigenvalue weighted by Gasteiger charge is -2.19. The van der Waals surface area contributed by atoms with Crippen molar-refractivity contribution in [1.29, 1.82) is 0 Å². The Bertz CT molecular complexity index is 516. The predicted octanol–water partition coefficient (Wildman–Crippen LogP) is 1.32. The molecular weight excluding hydrogens is 266 g/mol. The molecule has 2 rings (SSSR count). The number of amides is 2. The summed E-state index contributed by atoms with van der Waals surface area (Å²) < 4.78 is 0. The van der Waals surface area contributed by atoms with E-state index < -0.39 is 5.92 Å². The summed E-state index contributed by atoms with van der Waals surface area (Å²) in [6.45, 7) is 0.633. The third-order valence-electron chi connectivity index (χ3n) is 2.84. The van der Waals surface area contributed by atoms with Gasteiger partial charge < -0.3 is 5.32 Å². The van der Waals surface area contributed by atoms with Crippen LogP contribution in [-0.2, 0) is 9.59 Å². The maximum Gasteiger partial charge on any atom is 0.252 e. The molecule has 0 saturated carbocycles. The van der Waals surface area contributed by atoms with Crippen LogP contribution >= 0.6 is 11.6 Å². The van der Waals surface area contributed by atoms with Gasteiger partial charge in [-0.25, -0.2) is 5.43 Å². The predicted molar refractivity (Wildman–Crippen MR) is 72.9 cm³/mol. The van der Waals surface area contributed by atoms with E-state index in [0.717, 1.165) is 12.0 Å². The van der Waals surface area contributed by atoms with E-state index >= 15 is 0 Å². The van der Waals surface area contributed by atoms with Gasteiger partial charge >= 0.3 is 0 Å². The third kappa shape index (κ3) is 3.79. The van der Waals surface area contributed by atoms with Gasteiger partial charge in [0.25, 0.3) is 5.91 Å². The van der Waals surface area contributed by atoms with Crippen LogP contribution in [0.15, 0.2) is 29.4 Å². The Morgan fingerprint density at radius 3 is 3.11 bits per heavy atom. The second kappa shape index (κ2) is 6.33.